The van der Waals surface area contributed by atoms with Gasteiger partial charge in [0.15, 0.2) is 0 Å². The number of fused-ring (bicyclic) bond motifs is 1. The van der Waals surface area contributed by atoms with E-state index in [4.69, 9.17) is 0 Å². The molecular weight excluding hydrogens is 246 g/mol. The number of carbonyl (C=O) groups excluding carboxylic acids is 1. The van der Waals surface area contributed by atoms with Gasteiger partial charge >= 0.3 is 0 Å². The van der Waals surface area contributed by atoms with Crippen LogP contribution < -0.4 is 0 Å². The molecule has 1 fully saturated rings. The molecule has 2 atom stereocenters. The number of carbonyl (C=O) groups is 1. The minimum Gasteiger partial charge on any atom is -0.393 e. The van der Waals surface area contributed by atoms with Crippen molar-refractivity contribution in [2.24, 2.45) is 5.92 Å². The molecule has 18 heavy (non-hydrogen) atoms. The Balaban J connectivity index is 1.67. The van der Waals surface area contributed by atoms with Gasteiger partial charge < -0.3 is 10.0 Å². The second-order valence-corrected chi connectivity index (χ2v) is 6.40. The SMILES string of the molecule is O=C(C1CCCC(O)C1)N1CCc2sccc2C1. The summed E-state index contributed by atoms with van der Waals surface area (Å²) >= 11 is 1.80. The first-order valence-electron chi connectivity index (χ1n) is 6.76. The second-order valence-electron chi connectivity index (χ2n) is 5.40. The fourth-order valence-corrected chi connectivity index (χ4v) is 3.97. The van der Waals surface area contributed by atoms with Crippen LogP contribution in [-0.4, -0.2) is 28.6 Å². The van der Waals surface area contributed by atoms with Crippen molar-refractivity contribution in [3.05, 3.63) is 21.9 Å². The lowest BCUT2D eigenvalue weighted by Crippen LogP contribution is -2.41. The summed E-state index contributed by atoms with van der Waals surface area (Å²) in [4.78, 5) is 15.9. The second kappa shape index (κ2) is 5.02. The van der Waals surface area contributed by atoms with Crippen LogP contribution in [0, 0.1) is 5.92 Å². The molecule has 2 aliphatic rings. The molecule has 0 aromatic carbocycles. The first-order valence-corrected chi connectivity index (χ1v) is 7.64. The quantitative estimate of drug-likeness (QED) is 0.845. The molecule has 0 spiro atoms. The van der Waals surface area contributed by atoms with Gasteiger partial charge in [-0.05, 0) is 42.7 Å². The van der Waals surface area contributed by atoms with E-state index < -0.39 is 0 Å². The standard InChI is InChI=1S/C14H19NO2S/c16-12-3-1-2-10(8-12)14(17)15-6-4-13-11(9-15)5-7-18-13/h5,7,10,12,16H,1-4,6,8-9H2. The highest BCUT2D eigenvalue weighted by molar-refractivity contribution is 7.10. The fraction of sp³-hybridized carbons (Fsp3) is 0.643. The zero-order valence-electron chi connectivity index (χ0n) is 10.5. The van der Waals surface area contributed by atoms with Gasteiger partial charge in [0, 0.05) is 23.9 Å². The van der Waals surface area contributed by atoms with Crippen molar-refractivity contribution in [3.63, 3.8) is 0 Å². The highest BCUT2D eigenvalue weighted by Crippen LogP contribution is 2.29. The predicted molar refractivity (Wildman–Crippen MR) is 71.4 cm³/mol. The number of nitrogens with zero attached hydrogens (tertiary/aromatic N) is 1. The van der Waals surface area contributed by atoms with E-state index in [1.165, 1.54) is 10.4 Å². The molecule has 3 rings (SSSR count). The Morgan fingerprint density at radius 2 is 2.33 bits per heavy atom. The first-order chi connectivity index (χ1) is 8.74. The van der Waals surface area contributed by atoms with Gasteiger partial charge in [-0.2, -0.15) is 0 Å². The van der Waals surface area contributed by atoms with Crippen LogP contribution >= 0.6 is 11.3 Å². The molecule has 2 unspecified atom stereocenters. The van der Waals surface area contributed by atoms with E-state index in [9.17, 15) is 9.90 Å². The van der Waals surface area contributed by atoms with Crippen molar-refractivity contribution in [2.75, 3.05) is 6.54 Å². The molecule has 98 valence electrons. The van der Waals surface area contributed by atoms with Crippen molar-refractivity contribution >= 4 is 17.2 Å². The van der Waals surface area contributed by atoms with E-state index in [1.54, 1.807) is 11.3 Å². The predicted octanol–water partition coefficient (Wildman–Crippen LogP) is 2.18. The summed E-state index contributed by atoms with van der Waals surface area (Å²) in [6.45, 7) is 1.61. The van der Waals surface area contributed by atoms with Gasteiger partial charge in [0.25, 0.3) is 0 Å². The normalized spacial score (nSPS) is 27.9. The maximum absolute atomic E-state index is 12.4. The van der Waals surface area contributed by atoms with E-state index in [2.05, 4.69) is 11.4 Å². The van der Waals surface area contributed by atoms with Crippen LogP contribution in [0.5, 0.6) is 0 Å². The first kappa shape index (κ1) is 12.2. The van der Waals surface area contributed by atoms with Crippen molar-refractivity contribution in [1.82, 2.24) is 4.90 Å². The van der Waals surface area contributed by atoms with Gasteiger partial charge in [0.1, 0.15) is 0 Å². The molecule has 3 nitrogen and oxygen atoms in total. The minimum atomic E-state index is -0.269. The zero-order chi connectivity index (χ0) is 12.5. The maximum atomic E-state index is 12.4. The molecule has 1 aliphatic carbocycles. The molecule has 2 heterocycles. The highest BCUT2D eigenvalue weighted by Gasteiger charge is 2.31. The Morgan fingerprint density at radius 1 is 1.44 bits per heavy atom. The van der Waals surface area contributed by atoms with E-state index in [1.807, 2.05) is 4.90 Å². The summed E-state index contributed by atoms with van der Waals surface area (Å²) in [5, 5.41) is 11.8. The van der Waals surface area contributed by atoms with Gasteiger partial charge in [-0.3, -0.25) is 4.79 Å². The number of hydrogen-bond donors (Lipinski definition) is 1. The van der Waals surface area contributed by atoms with E-state index in [-0.39, 0.29) is 17.9 Å². The Labute approximate surface area is 111 Å². The molecule has 0 saturated heterocycles. The van der Waals surface area contributed by atoms with Crippen molar-refractivity contribution < 1.29 is 9.90 Å². The summed E-state index contributed by atoms with van der Waals surface area (Å²) in [6, 6.07) is 2.13. The molecule has 1 saturated carbocycles. The van der Waals surface area contributed by atoms with Gasteiger partial charge in [0.2, 0.25) is 5.91 Å². The lowest BCUT2D eigenvalue weighted by atomic mass is 9.86. The average Bonchev–Trinajstić information content (AvgIpc) is 2.85. The average molecular weight is 265 g/mol. The summed E-state index contributed by atoms with van der Waals surface area (Å²) in [5.74, 6) is 0.305. The summed E-state index contributed by atoms with van der Waals surface area (Å²) in [6.07, 6.45) is 4.17. The van der Waals surface area contributed by atoms with E-state index in [0.29, 0.717) is 6.42 Å². The number of amides is 1. The summed E-state index contributed by atoms with van der Waals surface area (Å²) in [5.41, 5.74) is 1.32. The number of aliphatic hydroxyl groups is 1. The molecule has 1 aliphatic heterocycles. The number of rotatable bonds is 1. The Morgan fingerprint density at radius 3 is 3.17 bits per heavy atom. The Bertz CT molecular complexity index is 443. The third kappa shape index (κ3) is 2.31. The molecule has 0 bridgehead atoms. The number of hydrogen-bond acceptors (Lipinski definition) is 3. The number of thiophene rings is 1. The Hall–Kier alpha value is -0.870. The van der Waals surface area contributed by atoms with E-state index in [0.717, 1.165) is 38.8 Å². The van der Waals surface area contributed by atoms with E-state index >= 15 is 0 Å². The lowest BCUT2D eigenvalue weighted by molar-refractivity contribution is -0.138. The van der Waals surface area contributed by atoms with Crippen LogP contribution in [0.15, 0.2) is 11.4 Å². The molecule has 1 aromatic rings. The summed E-state index contributed by atoms with van der Waals surface area (Å²) < 4.78 is 0. The summed E-state index contributed by atoms with van der Waals surface area (Å²) in [7, 11) is 0. The molecule has 1 N–H and O–H groups in total. The van der Waals surface area contributed by atoms with Crippen molar-refractivity contribution in [1.29, 1.82) is 0 Å². The Kier molecular flexibility index (Phi) is 3.39. The molecular formula is C14H19NO2S. The van der Waals surface area contributed by atoms with Crippen LogP contribution in [-0.2, 0) is 17.8 Å². The van der Waals surface area contributed by atoms with Gasteiger partial charge in [-0.1, -0.05) is 6.42 Å². The molecule has 1 aromatic heterocycles. The van der Waals surface area contributed by atoms with Crippen LogP contribution in [0.2, 0.25) is 0 Å². The molecule has 4 heteroatoms. The van der Waals surface area contributed by atoms with Crippen LogP contribution in [0.4, 0.5) is 0 Å². The van der Waals surface area contributed by atoms with Crippen molar-refractivity contribution in [2.45, 2.75) is 44.8 Å². The number of aliphatic hydroxyl groups excluding tert-OH is 1. The van der Waals surface area contributed by atoms with Gasteiger partial charge in [-0.15, -0.1) is 11.3 Å². The molecule has 1 amide bonds. The smallest absolute Gasteiger partial charge is 0.226 e. The van der Waals surface area contributed by atoms with Crippen LogP contribution in [0.3, 0.4) is 0 Å². The monoisotopic (exact) mass is 265 g/mol. The fourth-order valence-electron chi connectivity index (χ4n) is 3.08. The lowest BCUT2D eigenvalue weighted by Gasteiger charge is -2.33. The van der Waals surface area contributed by atoms with Gasteiger partial charge in [-0.25, -0.2) is 0 Å². The van der Waals surface area contributed by atoms with Gasteiger partial charge in [0.05, 0.1) is 6.10 Å². The largest absolute Gasteiger partial charge is 0.393 e. The minimum absolute atomic E-state index is 0.0499. The third-order valence-corrected chi connectivity index (χ3v) is 5.14. The topological polar surface area (TPSA) is 40.5 Å². The zero-order valence-corrected chi connectivity index (χ0v) is 11.3. The molecule has 0 radical (unpaired) electrons. The van der Waals surface area contributed by atoms with Crippen molar-refractivity contribution in [3.8, 4) is 0 Å². The van der Waals surface area contributed by atoms with Crippen LogP contribution in [0.25, 0.3) is 0 Å². The maximum Gasteiger partial charge on any atom is 0.226 e. The highest BCUT2D eigenvalue weighted by atomic mass is 32.1. The van der Waals surface area contributed by atoms with Crippen LogP contribution in [0.1, 0.15) is 36.1 Å². The third-order valence-electron chi connectivity index (χ3n) is 4.12.